The van der Waals surface area contributed by atoms with Gasteiger partial charge in [0.1, 0.15) is 23.6 Å². The SMILES string of the molecule is O=C(O)c1ccc(COc2ccc3ocnc3c2)o1. The van der Waals surface area contributed by atoms with E-state index >= 15 is 0 Å². The monoisotopic (exact) mass is 259 g/mol. The summed E-state index contributed by atoms with van der Waals surface area (Å²) in [5.41, 5.74) is 1.38. The van der Waals surface area contributed by atoms with Crippen LogP contribution in [-0.4, -0.2) is 16.1 Å². The second-order valence-electron chi connectivity index (χ2n) is 3.84. The fourth-order valence-corrected chi connectivity index (χ4v) is 1.65. The summed E-state index contributed by atoms with van der Waals surface area (Å²) in [7, 11) is 0. The first-order chi connectivity index (χ1) is 9.22. The van der Waals surface area contributed by atoms with Gasteiger partial charge in [-0.3, -0.25) is 0 Å². The molecule has 0 aliphatic carbocycles. The smallest absolute Gasteiger partial charge is 0.371 e. The molecule has 0 spiro atoms. The number of carboxylic acid groups (broad SMARTS) is 1. The van der Waals surface area contributed by atoms with Gasteiger partial charge >= 0.3 is 5.97 Å². The summed E-state index contributed by atoms with van der Waals surface area (Å²) < 4.78 is 15.7. The highest BCUT2D eigenvalue weighted by atomic mass is 16.5. The van der Waals surface area contributed by atoms with Crippen LogP contribution in [-0.2, 0) is 6.61 Å². The van der Waals surface area contributed by atoms with Crippen molar-refractivity contribution in [3.05, 3.63) is 48.2 Å². The van der Waals surface area contributed by atoms with E-state index in [1.165, 1.54) is 12.5 Å². The lowest BCUT2D eigenvalue weighted by molar-refractivity contribution is 0.0658. The van der Waals surface area contributed by atoms with E-state index in [9.17, 15) is 4.79 Å². The van der Waals surface area contributed by atoms with E-state index in [-0.39, 0.29) is 12.4 Å². The van der Waals surface area contributed by atoms with E-state index < -0.39 is 5.97 Å². The van der Waals surface area contributed by atoms with Crippen molar-refractivity contribution in [2.45, 2.75) is 6.61 Å². The molecule has 0 atom stereocenters. The Morgan fingerprint density at radius 3 is 3.00 bits per heavy atom. The highest BCUT2D eigenvalue weighted by molar-refractivity contribution is 5.84. The topological polar surface area (TPSA) is 85.7 Å². The van der Waals surface area contributed by atoms with Gasteiger partial charge in [-0.1, -0.05) is 0 Å². The summed E-state index contributed by atoms with van der Waals surface area (Å²) in [4.78, 5) is 14.7. The third-order valence-corrected chi connectivity index (χ3v) is 2.56. The lowest BCUT2D eigenvalue weighted by Gasteiger charge is -2.03. The maximum atomic E-state index is 10.7. The lowest BCUT2D eigenvalue weighted by Crippen LogP contribution is -1.95. The molecule has 0 saturated heterocycles. The molecule has 2 aromatic heterocycles. The van der Waals surface area contributed by atoms with E-state index in [4.69, 9.17) is 18.7 Å². The van der Waals surface area contributed by atoms with E-state index in [2.05, 4.69) is 4.98 Å². The molecule has 3 rings (SSSR count). The van der Waals surface area contributed by atoms with Gasteiger partial charge in [0, 0.05) is 6.07 Å². The third kappa shape index (κ3) is 2.28. The first-order valence-electron chi connectivity index (χ1n) is 5.50. The van der Waals surface area contributed by atoms with Crippen LogP contribution in [0.25, 0.3) is 11.1 Å². The molecule has 0 aliphatic heterocycles. The molecule has 0 amide bonds. The van der Waals surface area contributed by atoms with Crippen molar-refractivity contribution in [2.75, 3.05) is 0 Å². The number of oxazole rings is 1. The minimum absolute atomic E-state index is 0.106. The number of fused-ring (bicyclic) bond motifs is 1. The number of hydrogen-bond donors (Lipinski definition) is 1. The van der Waals surface area contributed by atoms with Crippen molar-refractivity contribution in [2.24, 2.45) is 0 Å². The molecule has 3 aromatic rings. The predicted molar refractivity (Wildman–Crippen MR) is 64.0 cm³/mol. The molecule has 96 valence electrons. The van der Waals surface area contributed by atoms with Gasteiger partial charge in [-0.25, -0.2) is 9.78 Å². The van der Waals surface area contributed by atoms with Gasteiger partial charge in [-0.05, 0) is 24.3 Å². The average Bonchev–Trinajstić information content (AvgIpc) is 3.04. The second kappa shape index (κ2) is 4.49. The Hall–Kier alpha value is -2.76. The Balaban J connectivity index is 1.72. The number of furan rings is 1. The van der Waals surface area contributed by atoms with E-state index in [1.807, 2.05) is 0 Å². The quantitative estimate of drug-likeness (QED) is 0.775. The Morgan fingerprint density at radius 1 is 1.32 bits per heavy atom. The average molecular weight is 259 g/mol. The van der Waals surface area contributed by atoms with Gasteiger partial charge in [0.2, 0.25) is 5.76 Å². The van der Waals surface area contributed by atoms with Crippen LogP contribution >= 0.6 is 0 Å². The third-order valence-electron chi connectivity index (χ3n) is 2.56. The number of carbonyl (C=O) groups is 1. The second-order valence-corrected chi connectivity index (χ2v) is 3.84. The Morgan fingerprint density at radius 2 is 2.21 bits per heavy atom. The molecule has 6 heteroatoms. The zero-order chi connectivity index (χ0) is 13.2. The summed E-state index contributed by atoms with van der Waals surface area (Å²) in [5.74, 6) is -0.159. The Bertz CT molecular complexity index is 727. The summed E-state index contributed by atoms with van der Waals surface area (Å²) >= 11 is 0. The van der Waals surface area contributed by atoms with Gasteiger partial charge in [-0.15, -0.1) is 0 Å². The minimum Gasteiger partial charge on any atom is -0.486 e. The maximum absolute atomic E-state index is 10.7. The molecular weight excluding hydrogens is 250 g/mol. The molecule has 0 fully saturated rings. The molecule has 6 nitrogen and oxygen atoms in total. The van der Waals surface area contributed by atoms with Gasteiger partial charge in [-0.2, -0.15) is 0 Å². The lowest BCUT2D eigenvalue weighted by atomic mass is 10.3. The number of benzene rings is 1. The van der Waals surface area contributed by atoms with E-state index in [0.717, 1.165) is 0 Å². The molecular formula is C13H9NO5. The number of rotatable bonds is 4. The van der Waals surface area contributed by atoms with Crippen LogP contribution in [0.15, 0.2) is 45.6 Å². The molecule has 2 heterocycles. The van der Waals surface area contributed by atoms with E-state index in [1.54, 1.807) is 24.3 Å². The highest BCUT2D eigenvalue weighted by Gasteiger charge is 2.09. The van der Waals surface area contributed by atoms with Crippen LogP contribution in [0.1, 0.15) is 16.3 Å². The molecule has 0 bridgehead atoms. The molecule has 1 aromatic carbocycles. The van der Waals surface area contributed by atoms with Gasteiger partial charge < -0.3 is 18.7 Å². The van der Waals surface area contributed by atoms with Gasteiger partial charge in [0.15, 0.2) is 12.0 Å². The Kier molecular flexibility index (Phi) is 2.68. The number of nitrogens with zero attached hydrogens (tertiary/aromatic N) is 1. The standard InChI is InChI=1S/C13H9NO5/c15-13(16)12-4-2-9(19-12)6-17-8-1-3-11-10(5-8)14-7-18-11/h1-5,7H,6H2,(H,15,16). The number of ether oxygens (including phenoxy) is 1. The zero-order valence-electron chi connectivity index (χ0n) is 9.70. The number of aromatic nitrogens is 1. The van der Waals surface area contributed by atoms with Crippen molar-refractivity contribution < 1.29 is 23.5 Å². The van der Waals surface area contributed by atoms with Crippen molar-refractivity contribution >= 4 is 17.1 Å². The largest absolute Gasteiger partial charge is 0.486 e. The molecule has 0 unspecified atom stereocenters. The van der Waals surface area contributed by atoms with Crippen molar-refractivity contribution in [1.82, 2.24) is 4.98 Å². The molecule has 0 saturated carbocycles. The van der Waals surface area contributed by atoms with Crippen LogP contribution < -0.4 is 4.74 Å². The summed E-state index contributed by atoms with van der Waals surface area (Å²) in [6.07, 6.45) is 1.36. The summed E-state index contributed by atoms with van der Waals surface area (Å²) in [6.45, 7) is 0.149. The number of aromatic carboxylic acids is 1. The summed E-state index contributed by atoms with van der Waals surface area (Å²) in [6, 6.07) is 8.19. The normalized spacial score (nSPS) is 10.7. The number of hydrogen-bond acceptors (Lipinski definition) is 5. The van der Waals surface area contributed by atoms with Crippen LogP contribution in [0.4, 0.5) is 0 Å². The van der Waals surface area contributed by atoms with Crippen LogP contribution in [0.3, 0.4) is 0 Å². The highest BCUT2D eigenvalue weighted by Crippen LogP contribution is 2.20. The molecule has 0 radical (unpaired) electrons. The van der Waals surface area contributed by atoms with Crippen molar-refractivity contribution in [3.8, 4) is 5.75 Å². The van der Waals surface area contributed by atoms with Gasteiger partial charge in [0.25, 0.3) is 0 Å². The van der Waals surface area contributed by atoms with Crippen LogP contribution in [0.5, 0.6) is 5.75 Å². The van der Waals surface area contributed by atoms with Crippen molar-refractivity contribution in [1.29, 1.82) is 0 Å². The first kappa shape index (κ1) is 11.3. The summed E-state index contributed by atoms with van der Waals surface area (Å²) in [5, 5.41) is 8.72. The van der Waals surface area contributed by atoms with Crippen LogP contribution in [0.2, 0.25) is 0 Å². The molecule has 1 N–H and O–H groups in total. The minimum atomic E-state index is -1.10. The molecule has 0 aliphatic rings. The number of carboxylic acids is 1. The fraction of sp³-hybridized carbons (Fsp3) is 0.0769. The Labute approximate surface area is 107 Å². The van der Waals surface area contributed by atoms with Crippen LogP contribution in [0, 0.1) is 0 Å². The van der Waals surface area contributed by atoms with E-state index in [0.29, 0.717) is 22.6 Å². The maximum Gasteiger partial charge on any atom is 0.371 e. The molecule has 19 heavy (non-hydrogen) atoms. The fourth-order valence-electron chi connectivity index (χ4n) is 1.65. The first-order valence-corrected chi connectivity index (χ1v) is 5.50. The zero-order valence-corrected chi connectivity index (χ0v) is 9.70. The predicted octanol–water partition coefficient (Wildman–Crippen LogP) is 2.70. The van der Waals surface area contributed by atoms with Gasteiger partial charge in [0.05, 0.1) is 0 Å². The van der Waals surface area contributed by atoms with Crippen molar-refractivity contribution in [3.63, 3.8) is 0 Å².